The van der Waals surface area contributed by atoms with E-state index in [1.807, 2.05) is 24.3 Å². The fourth-order valence-electron chi connectivity index (χ4n) is 3.17. The Hall–Kier alpha value is -3.58. The number of hydrogen-bond acceptors (Lipinski definition) is 6. The van der Waals surface area contributed by atoms with E-state index >= 15 is 0 Å². The number of allylic oxidation sites excluding steroid dienone is 1. The lowest BCUT2D eigenvalue weighted by Gasteiger charge is -2.12. The first-order chi connectivity index (χ1) is 15.0. The maximum absolute atomic E-state index is 12.8. The van der Waals surface area contributed by atoms with Gasteiger partial charge in [-0.05, 0) is 42.0 Å². The van der Waals surface area contributed by atoms with Crippen LogP contribution in [0.3, 0.4) is 0 Å². The van der Waals surface area contributed by atoms with Gasteiger partial charge in [0, 0.05) is 10.5 Å². The van der Waals surface area contributed by atoms with Crippen molar-refractivity contribution in [1.82, 2.24) is 0 Å². The van der Waals surface area contributed by atoms with E-state index in [2.05, 4.69) is 15.9 Å². The van der Waals surface area contributed by atoms with Crippen LogP contribution in [-0.4, -0.2) is 26.0 Å². The molecule has 0 spiro atoms. The molecular formula is C24H17BrO6. The zero-order valence-electron chi connectivity index (χ0n) is 16.7. The molecule has 0 saturated carbocycles. The van der Waals surface area contributed by atoms with Gasteiger partial charge in [0.1, 0.15) is 28.6 Å². The van der Waals surface area contributed by atoms with E-state index in [4.69, 9.17) is 18.9 Å². The van der Waals surface area contributed by atoms with Gasteiger partial charge >= 0.3 is 5.97 Å². The maximum Gasteiger partial charge on any atom is 0.351 e. The largest absolute Gasteiger partial charge is 0.496 e. The number of carbonyl (C=O) groups excluding carboxylic acids is 2. The van der Waals surface area contributed by atoms with Gasteiger partial charge in [-0.2, -0.15) is 0 Å². The van der Waals surface area contributed by atoms with Crippen LogP contribution in [0.1, 0.15) is 26.3 Å². The summed E-state index contributed by atoms with van der Waals surface area (Å²) in [6.07, 6.45) is 1.66. The summed E-state index contributed by atoms with van der Waals surface area (Å²) in [4.78, 5) is 25.5. The minimum atomic E-state index is -0.650. The summed E-state index contributed by atoms with van der Waals surface area (Å²) in [5.41, 5.74) is 1.38. The Bertz CT molecular complexity index is 1190. The molecule has 0 N–H and O–H groups in total. The number of halogens is 1. The highest BCUT2D eigenvalue weighted by molar-refractivity contribution is 9.10. The Morgan fingerprint density at radius 1 is 0.968 bits per heavy atom. The Labute approximate surface area is 187 Å². The predicted octanol–water partition coefficient (Wildman–Crippen LogP) is 5.30. The number of benzene rings is 3. The molecule has 3 aromatic rings. The van der Waals surface area contributed by atoms with Crippen molar-refractivity contribution < 1.29 is 28.5 Å². The number of ether oxygens (including phenoxy) is 4. The number of esters is 1. The topological polar surface area (TPSA) is 71.1 Å². The van der Waals surface area contributed by atoms with Gasteiger partial charge in [-0.15, -0.1) is 0 Å². The van der Waals surface area contributed by atoms with Crippen molar-refractivity contribution in [3.05, 3.63) is 87.6 Å². The highest BCUT2D eigenvalue weighted by atomic mass is 79.9. The van der Waals surface area contributed by atoms with Crippen molar-refractivity contribution in [2.75, 3.05) is 14.2 Å². The monoisotopic (exact) mass is 480 g/mol. The van der Waals surface area contributed by atoms with Crippen LogP contribution in [0, 0.1) is 0 Å². The minimum Gasteiger partial charge on any atom is -0.496 e. The standard InChI is InChI=1S/C24H17BrO6/c1-28-18-8-5-9-19(29-2)22(18)24(27)30-15-10-11-16-20(13-15)31-21(23(16)26)12-14-6-3-4-7-17(14)25/h3-13H,1-2H3. The highest BCUT2D eigenvalue weighted by Crippen LogP contribution is 2.36. The van der Waals surface area contributed by atoms with Gasteiger partial charge < -0.3 is 18.9 Å². The average Bonchev–Trinajstić information content (AvgIpc) is 3.09. The summed E-state index contributed by atoms with van der Waals surface area (Å²) in [7, 11) is 2.92. The molecule has 6 nitrogen and oxygen atoms in total. The molecule has 1 aliphatic heterocycles. The highest BCUT2D eigenvalue weighted by Gasteiger charge is 2.29. The number of fused-ring (bicyclic) bond motifs is 1. The van der Waals surface area contributed by atoms with Gasteiger partial charge in [-0.3, -0.25) is 4.79 Å². The molecule has 0 radical (unpaired) electrons. The number of carbonyl (C=O) groups is 2. The number of Topliss-reactive ketones (excluding diaryl/α,β-unsaturated/α-hetero) is 1. The van der Waals surface area contributed by atoms with Gasteiger partial charge in [0.25, 0.3) is 0 Å². The lowest BCUT2D eigenvalue weighted by Crippen LogP contribution is -2.12. The number of rotatable bonds is 5. The first kappa shape index (κ1) is 20.7. The van der Waals surface area contributed by atoms with Crippen molar-refractivity contribution in [3.63, 3.8) is 0 Å². The van der Waals surface area contributed by atoms with Crippen LogP contribution in [0.2, 0.25) is 0 Å². The molecule has 31 heavy (non-hydrogen) atoms. The molecule has 0 amide bonds. The van der Waals surface area contributed by atoms with Gasteiger partial charge in [0.2, 0.25) is 5.78 Å². The van der Waals surface area contributed by atoms with E-state index in [1.165, 1.54) is 20.3 Å². The van der Waals surface area contributed by atoms with Crippen LogP contribution in [0.15, 0.2) is 70.9 Å². The third-order valence-corrected chi connectivity index (χ3v) is 5.40. The Morgan fingerprint density at radius 3 is 2.35 bits per heavy atom. The first-order valence-corrected chi connectivity index (χ1v) is 10.1. The third kappa shape index (κ3) is 4.04. The summed E-state index contributed by atoms with van der Waals surface area (Å²) in [5.74, 6) is 0.507. The van der Waals surface area contributed by atoms with E-state index in [-0.39, 0.29) is 22.9 Å². The summed E-state index contributed by atoms with van der Waals surface area (Å²) in [6.45, 7) is 0. The third-order valence-electron chi connectivity index (χ3n) is 4.68. The minimum absolute atomic E-state index is 0.166. The van der Waals surface area contributed by atoms with Crippen molar-refractivity contribution in [2.45, 2.75) is 0 Å². The lowest BCUT2D eigenvalue weighted by molar-refractivity contribution is 0.0727. The van der Waals surface area contributed by atoms with Crippen LogP contribution >= 0.6 is 15.9 Å². The maximum atomic E-state index is 12.8. The van der Waals surface area contributed by atoms with Crippen LogP contribution in [-0.2, 0) is 0 Å². The fourth-order valence-corrected chi connectivity index (χ4v) is 3.57. The summed E-state index contributed by atoms with van der Waals surface area (Å²) in [5, 5.41) is 0. The lowest BCUT2D eigenvalue weighted by atomic mass is 10.1. The predicted molar refractivity (Wildman–Crippen MR) is 118 cm³/mol. The molecule has 1 heterocycles. The molecule has 0 unspecified atom stereocenters. The number of ketones is 1. The molecule has 156 valence electrons. The zero-order chi connectivity index (χ0) is 22.0. The van der Waals surface area contributed by atoms with Gasteiger partial charge in [-0.25, -0.2) is 4.79 Å². The zero-order valence-corrected chi connectivity index (χ0v) is 18.3. The first-order valence-electron chi connectivity index (χ1n) is 9.28. The smallest absolute Gasteiger partial charge is 0.351 e. The molecule has 0 bridgehead atoms. The van der Waals surface area contributed by atoms with Crippen molar-refractivity contribution in [3.8, 4) is 23.0 Å². The van der Waals surface area contributed by atoms with Crippen LogP contribution in [0.5, 0.6) is 23.0 Å². The molecule has 3 aromatic carbocycles. The molecule has 0 aromatic heterocycles. The molecule has 4 rings (SSSR count). The number of methoxy groups -OCH3 is 2. The molecule has 0 fully saturated rings. The van der Waals surface area contributed by atoms with E-state index in [0.29, 0.717) is 22.8 Å². The van der Waals surface area contributed by atoms with E-state index in [1.54, 1.807) is 36.4 Å². The second-order valence-electron chi connectivity index (χ2n) is 6.55. The molecular weight excluding hydrogens is 464 g/mol. The van der Waals surface area contributed by atoms with Crippen molar-refractivity contribution in [1.29, 1.82) is 0 Å². The Morgan fingerprint density at radius 2 is 1.68 bits per heavy atom. The molecule has 0 saturated heterocycles. The van der Waals surface area contributed by atoms with E-state index < -0.39 is 5.97 Å². The van der Waals surface area contributed by atoms with Gasteiger partial charge in [0.15, 0.2) is 5.76 Å². The summed E-state index contributed by atoms with van der Waals surface area (Å²) in [6, 6.07) is 17.1. The van der Waals surface area contributed by atoms with Crippen molar-refractivity contribution >= 4 is 33.8 Å². The normalized spacial score (nSPS) is 13.5. The molecule has 0 aliphatic carbocycles. The molecule has 0 atom stereocenters. The molecule has 1 aliphatic rings. The van der Waals surface area contributed by atoms with Crippen LogP contribution < -0.4 is 18.9 Å². The van der Waals surface area contributed by atoms with Crippen molar-refractivity contribution in [2.24, 2.45) is 0 Å². The fraction of sp³-hybridized carbons (Fsp3) is 0.0833. The SMILES string of the molecule is COc1cccc(OC)c1C(=O)Oc1ccc2c(c1)OC(=Cc1ccccc1Br)C2=O. The van der Waals surface area contributed by atoms with Crippen LogP contribution in [0.25, 0.3) is 6.08 Å². The second-order valence-corrected chi connectivity index (χ2v) is 7.40. The quantitative estimate of drug-likeness (QED) is 0.280. The summed E-state index contributed by atoms with van der Waals surface area (Å²) >= 11 is 3.45. The molecule has 7 heteroatoms. The van der Waals surface area contributed by atoms with E-state index in [9.17, 15) is 9.59 Å². The number of hydrogen-bond donors (Lipinski definition) is 0. The summed E-state index contributed by atoms with van der Waals surface area (Å²) < 4.78 is 22.6. The Balaban J connectivity index is 1.60. The Kier molecular flexibility index (Phi) is 5.77. The van der Waals surface area contributed by atoms with E-state index in [0.717, 1.165) is 10.0 Å². The van der Waals surface area contributed by atoms with Gasteiger partial charge in [-0.1, -0.05) is 40.2 Å². The van der Waals surface area contributed by atoms with Crippen LogP contribution in [0.4, 0.5) is 0 Å². The van der Waals surface area contributed by atoms with Gasteiger partial charge in [0.05, 0.1) is 19.8 Å². The second kappa shape index (κ2) is 8.65. The average molecular weight is 481 g/mol.